The zero-order valence-corrected chi connectivity index (χ0v) is 14.9. The Morgan fingerprint density at radius 3 is 3.16 bits per heavy atom. The van der Waals surface area contributed by atoms with E-state index < -0.39 is 0 Å². The Hall–Kier alpha value is -1.87. The van der Waals surface area contributed by atoms with Gasteiger partial charge < -0.3 is 14.6 Å². The van der Waals surface area contributed by atoms with Crippen LogP contribution in [0.4, 0.5) is 4.39 Å². The molecule has 0 radical (unpaired) electrons. The number of fused-ring (bicyclic) bond motifs is 1. The molecule has 1 saturated heterocycles. The molecule has 1 aromatic carbocycles. The molecule has 6 nitrogen and oxygen atoms in total. The molecule has 0 aliphatic carbocycles. The number of nitrogens with zero attached hydrogens (tertiary/aromatic N) is 3. The van der Waals surface area contributed by atoms with Crippen LogP contribution in [0, 0.1) is 5.82 Å². The van der Waals surface area contributed by atoms with Crippen LogP contribution in [-0.2, 0) is 11.3 Å². The molecule has 132 valence electrons. The Kier molecular flexibility index (Phi) is 4.51. The van der Waals surface area contributed by atoms with Gasteiger partial charge in [0.05, 0.1) is 17.5 Å². The van der Waals surface area contributed by atoms with Crippen molar-refractivity contribution in [1.82, 2.24) is 20.4 Å². The number of hydrogen-bond donors (Lipinski definition) is 1. The topological polar surface area (TPSA) is 63.4 Å². The van der Waals surface area contributed by atoms with Crippen molar-refractivity contribution in [3.8, 4) is 10.8 Å². The highest BCUT2D eigenvalue weighted by atomic mass is 32.1. The highest BCUT2D eigenvalue weighted by Gasteiger charge is 2.27. The lowest BCUT2D eigenvalue weighted by molar-refractivity contribution is 0.186. The van der Waals surface area contributed by atoms with Gasteiger partial charge in [-0.3, -0.25) is 4.90 Å². The SMILES string of the molecule is COCc1c(-c2nc(C3CNCCN3C)no2)sc2cccc(F)c12. The average Bonchev–Trinajstić information content (AvgIpc) is 3.21. The molecule has 0 saturated carbocycles. The molecule has 1 aliphatic rings. The van der Waals surface area contributed by atoms with Gasteiger partial charge in [0.1, 0.15) is 5.82 Å². The zero-order valence-electron chi connectivity index (χ0n) is 14.1. The van der Waals surface area contributed by atoms with Crippen LogP contribution in [0.2, 0.25) is 0 Å². The van der Waals surface area contributed by atoms with Crippen LogP contribution < -0.4 is 5.32 Å². The maximum atomic E-state index is 14.3. The van der Waals surface area contributed by atoms with Crippen LogP contribution in [0.25, 0.3) is 20.9 Å². The van der Waals surface area contributed by atoms with Crippen molar-refractivity contribution in [2.24, 2.45) is 0 Å². The van der Waals surface area contributed by atoms with Gasteiger partial charge >= 0.3 is 0 Å². The number of nitrogens with one attached hydrogen (secondary N) is 1. The van der Waals surface area contributed by atoms with Gasteiger partial charge in [0.25, 0.3) is 5.89 Å². The minimum Gasteiger partial charge on any atom is -0.380 e. The molecule has 3 aromatic rings. The maximum absolute atomic E-state index is 14.3. The number of piperazine rings is 1. The number of halogens is 1. The van der Waals surface area contributed by atoms with Gasteiger partial charge in [-0.15, -0.1) is 11.3 Å². The van der Waals surface area contributed by atoms with Crippen LogP contribution in [0.15, 0.2) is 22.7 Å². The molecule has 0 bridgehead atoms. The molecule has 1 atom stereocenters. The Morgan fingerprint density at radius 1 is 1.48 bits per heavy atom. The Balaban J connectivity index is 1.77. The lowest BCUT2D eigenvalue weighted by atomic mass is 10.1. The first-order chi connectivity index (χ1) is 12.2. The number of likely N-dealkylation sites (N-methyl/N-ethyl adjacent to an activating group) is 1. The first kappa shape index (κ1) is 16.6. The number of ether oxygens (including phenoxy) is 1. The van der Waals surface area contributed by atoms with Gasteiger partial charge in [0.15, 0.2) is 5.82 Å². The van der Waals surface area contributed by atoms with E-state index >= 15 is 0 Å². The summed E-state index contributed by atoms with van der Waals surface area (Å²) in [5, 5.41) is 8.08. The lowest BCUT2D eigenvalue weighted by Gasteiger charge is -2.30. The summed E-state index contributed by atoms with van der Waals surface area (Å²) in [6.45, 7) is 2.95. The predicted octanol–water partition coefficient (Wildman–Crippen LogP) is 2.81. The number of thiophene rings is 1. The molecule has 1 aliphatic heterocycles. The molecular formula is C17H19FN4O2S. The monoisotopic (exact) mass is 362 g/mol. The van der Waals surface area contributed by atoms with Crippen LogP contribution >= 0.6 is 11.3 Å². The van der Waals surface area contributed by atoms with Gasteiger partial charge in [0.2, 0.25) is 0 Å². The third-order valence-corrected chi connectivity index (χ3v) is 5.68. The Labute approximate surface area is 148 Å². The second kappa shape index (κ2) is 6.80. The van der Waals surface area contributed by atoms with E-state index in [2.05, 4.69) is 20.4 Å². The van der Waals surface area contributed by atoms with Crippen LogP contribution in [-0.4, -0.2) is 48.8 Å². The van der Waals surface area contributed by atoms with E-state index in [1.165, 1.54) is 17.4 Å². The van der Waals surface area contributed by atoms with Crippen LogP contribution in [0.3, 0.4) is 0 Å². The molecular weight excluding hydrogens is 343 g/mol. The summed E-state index contributed by atoms with van der Waals surface area (Å²) in [5.74, 6) is 0.802. The normalized spacial score (nSPS) is 18.9. The van der Waals surface area contributed by atoms with Crippen molar-refractivity contribution >= 4 is 21.4 Å². The molecule has 0 spiro atoms. The van der Waals surface area contributed by atoms with Gasteiger partial charge in [0, 0.05) is 42.4 Å². The molecule has 2 aromatic heterocycles. The van der Waals surface area contributed by atoms with E-state index in [9.17, 15) is 4.39 Å². The smallest absolute Gasteiger partial charge is 0.268 e. The number of rotatable bonds is 4. The summed E-state index contributed by atoms with van der Waals surface area (Å²) in [7, 11) is 3.64. The minimum absolute atomic E-state index is 0.0724. The van der Waals surface area contributed by atoms with Crippen molar-refractivity contribution in [2.45, 2.75) is 12.6 Å². The first-order valence-electron chi connectivity index (χ1n) is 8.12. The molecule has 1 N–H and O–H groups in total. The number of aromatic nitrogens is 2. The molecule has 1 unspecified atom stereocenters. The van der Waals surface area contributed by atoms with Crippen molar-refractivity contribution in [3.63, 3.8) is 0 Å². The van der Waals surface area contributed by atoms with E-state index in [0.29, 0.717) is 23.7 Å². The summed E-state index contributed by atoms with van der Waals surface area (Å²) in [6.07, 6.45) is 0. The quantitative estimate of drug-likeness (QED) is 0.770. The molecule has 25 heavy (non-hydrogen) atoms. The van der Waals surface area contributed by atoms with E-state index in [0.717, 1.165) is 34.8 Å². The Bertz CT molecular complexity index is 894. The fourth-order valence-corrected chi connectivity index (χ4v) is 4.32. The average molecular weight is 362 g/mol. The second-order valence-electron chi connectivity index (χ2n) is 6.11. The molecule has 1 fully saturated rings. The van der Waals surface area contributed by atoms with Crippen molar-refractivity contribution < 1.29 is 13.7 Å². The predicted molar refractivity (Wildman–Crippen MR) is 94.0 cm³/mol. The van der Waals surface area contributed by atoms with Gasteiger partial charge in [-0.05, 0) is 19.2 Å². The summed E-state index contributed by atoms with van der Waals surface area (Å²) in [6, 6.07) is 5.13. The Morgan fingerprint density at radius 2 is 2.36 bits per heavy atom. The van der Waals surface area contributed by atoms with Crippen molar-refractivity contribution in [1.29, 1.82) is 0 Å². The maximum Gasteiger partial charge on any atom is 0.268 e. The highest BCUT2D eigenvalue weighted by molar-refractivity contribution is 7.22. The fraction of sp³-hybridized carbons (Fsp3) is 0.412. The second-order valence-corrected chi connectivity index (χ2v) is 7.17. The molecule has 8 heteroatoms. The van der Waals surface area contributed by atoms with E-state index in [4.69, 9.17) is 9.26 Å². The van der Waals surface area contributed by atoms with E-state index in [-0.39, 0.29) is 11.9 Å². The summed E-state index contributed by atoms with van der Waals surface area (Å²) in [4.78, 5) is 7.57. The molecule has 0 amide bonds. The molecule has 4 rings (SSSR count). The largest absolute Gasteiger partial charge is 0.380 e. The van der Waals surface area contributed by atoms with E-state index in [1.54, 1.807) is 13.2 Å². The summed E-state index contributed by atoms with van der Waals surface area (Å²) >= 11 is 1.45. The van der Waals surface area contributed by atoms with Crippen LogP contribution in [0.1, 0.15) is 17.4 Å². The summed E-state index contributed by atoms with van der Waals surface area (Å²) in [5.41, 5.74) is 0.755. The van der Waals surface area contributed by atoms with Gasteiger partial charge in [-0.25, -0.2) is 4.39 Å². The molecule has 3 heterocycles. The van der Waals surface area contributed by atoms with Crippen LogP contribution in [0.5, 0.6) is 0 Å². The number of hydrogen-bond acceptors (Lipinski definition) is 7. The lowest BCUT2D eigenvalue weighted by Crippen LogP contribution is -2.44. The highest BCUT2D eigenvalue weighted by Crippen LogP contribution is 2.39. The van der Waals surface area contributed by atoms with Gasteiger partial charge in [-0.2, -0.15) is 4.98 Å². The van der Waals surface area contributed by atoms with E-state index in [1.807, 2.05) is 13.1 Å². The number of benzene rings is 1. The van der Waals surface area contributed by atoms with Crippen molar-refractivity contribution in [2.75, 3.05) is 33.8 Å². The zero-order chi connectivity index (χ0) is 17.4. The van der Waals surface area contributed by atoms with Gasteiger partial charge in [-0.1, -0.05) is 11.2 Å². The number of methoxy groups -OCH3 is 1. The summed E-state index contributed by atoms with van der Waals surface area (Å²) < 4.78 is 26.0. The third kappa shape index (κ3) is 2.95. The minimum atomic E-state index is -0.261. The fourth-order valence-electron chi connectivity index (χ4n) is 3.18. The van der Waals surface area contributed by atoms with Crippen molar-refractivity contribution in [3.05, 3.63) is 35.4 Å². The standard InChI is InChI=1S/C17H19FN4O2S/c1-22-7-6-19-8-12(22)16-20-17(24-21-16)15-10(9-23-2)14-11(18)4-3-5-13(14)25-15/h3-5,12,19H,6-9H2,1-2H3. The first-order valence-corrected chi connectivity index (χ1v) is 8.94. The third-order valence-electron chi connectivity index (χ3n) is 4.50.